The fourth-order valence-corrected chi connectivity index (χ4v) is 2.66. The Hall–Kier alpha value is -0.650. The van der Waals surface area contributed by atoms with Gasteiger partial charge >= 0.3 is 5.97 Å². The van der Waals surface area contributed by atoms with E-state index in [0.717, 1.165) is 52.0 Å². The Kier molecular flexibility index (Phi) is 8.22. The molecule has 5 nitrogen and oxygen atoms in total. The average molecular weight is 300 g/mol. The van der Waals surface area contributed by atoms with Crippen LogP contribution < -0.4 is 5.32 Å². The summed E-state index contributed by atoms with van der Waals surface area (Å²) in [5.41, 5.74) is -0.592. The standard InChI is InChI=1S/C16H32N2O3/c1-5-10-17-16(3,15(19)21-6-2)9-11-18(4)14-7-12-20-13-8-14/h14,17H,5-13H2,1-4H3. The molecular weight excluding hydrogens is 268 g/mol. The second-order valence-corrected chi connectivity index (χ2v) is 6.05. The third kappa shape index (κ3) is 5.93. The lowest BCUT2D eigenvalue weighted by molar-refractivity contribution is -0.151. The minimum absolute atomic E-state index is 0.140. The van der Waals surface area contributed by atoms with E-state index in [9.17, 15) is 4.79 Å². The first kappa shape index (κ1) is 18.4. The summed E-state index contributed by atoms with van der Waals surface area (Å²) in [4.78, 5) is 14.6. The molecule has 1 saturated heterocycles. The van der Waals surface area contributed by atoms with Crippen LogP contribution in [0.15, 0.2) is 0 Å². The predicted molar refractivity (Wildman–Crippen MR) is 84.4 cm³/mol. The summed E-state index contributed by atoms with van der Waals surface area (Å²) in [7, 11) is 2.14. The summed E-state index contributed by atoms with van der Waals surface area (Å²) in [6.07, 6.45) is 3.93. The van der Waals surface area contributed by atoms with Gasteiger partial charge in [0.1, 0.15) is 5.54 Å². The van der Waals surface area contributed by atoms with E-state index in [1.54, 1.807) is 0 Å². The van der Waals surface area contributed by atoms with Crippen molar-refractivity contribution in [1.82, 2.24) is 10.2 Å². The van der Waals surface area contributed by atoms with Crippen LogP contribution in [0.1, 0.15) is 46.5 Å². The van der Waals surface area contributed by atoms with Crippen LogP contribution in [0.3, 0.4) is 0 Å². The highest BCUT2D eigenvalue weighted by atomic mass is 16.5. The van der Waals surface area contributed by atoms with Crippen LogP contribution in [0.25, 0.3) is 0 Å². The number of nitrogens with one attached hydrogen (secondary N) is 1. The number of ether oxygens (including phenoxy) is 2. The minimum atomic E-state index is -0.592. The summed E-state index contributed by atoms with van der Waals surface area (Å²) in [5.74, 6) is -0.140. The molecule has 5 heteroatoms. The molecular formula is C16H32N2O3. The fourth-order valence-electron chi connectivity index (χ4n) is 2.66. The van der Waals surface area contributed by atoms with Gasteiger partial charge in [-0.25, -0.2) is 0 Å². The van der Waals surface area contributed by atoms with Crippen molar-refractivity contribution in [2.24, 2.45) is 0 Å². The van der Waals surface area contributed by atoms with Gasteiger partial charge in [0.25, 0.3) is 0 Å². The fraction of sp³-hybridized carbons (Fsp3) is 0.938. The second kappa shape index (κ2) is 9.38. The average Bonchev–Trinajstić information content (AvgIpc) is 2.51. The van der Waals surface area contributed by atoms with Crippen molar-refractivity contribution in [1.29, 1.82) is 0 Å². The third-order valence-corrected chi connectivity index (χ3v) is 4.27. The van der Waals surface area contributed by atoms with Crippen molar-refractivity contribution in [2.75, 3.05) is 40.0 Å². The van der Waals surface area contributed by atoms with Crippen LogP contribution >= 0.6 is 0 Å². The van der Waals surface area contributed by atoms with Crippen molar-refractivity contribution in [3.8, 4) is 0 Å². The van der Waals surface area contributed by atoms with Gasteiger partial charge in [0.15, 0.2) is 0 Å². The number of carbonyl (C=O) groups excluding carboxylic acids is 1. The lowest BCUT2D eigenvalue weighted by atomic mass is 9.96. The molecule has 0 saturated carbocycles. The van der Waals surface area contributed by atoms with Gasteiger partial charge in [-0.15, -0.1) is 0 Å². The van der Waals surface area contributed by atoms with Gasteiger partial charge in [0.2, 0.25) is 0 Å². The van der Waals surface area contributed by atoms with Crippen molar-refractivity contribution in [2.45, 2.75) is 58.0 Å². The van der Waals surface area contributed by atoms with E-state index in [4.69, 9.17) is 9.47 Å². The molecule has 0 amide bonds. The molecule has 0 aromatic heterocycles. The molecule has 0 aliphatic carbocycles. The molecule has 1 N–H and O–H groups in total. The monoisotopic (exact) mass is 300 g/mol. The summed E-state index contributed by atoms with van der Waals surface area (Å²) in [6, 6.07) is 0.566. The quantitative estimate of drug-likeness (QED) is 0.658. The van der Waals surface area contributed by atoms with Gasteiger partial charge in [-0.2, -0.15) is 0 Å². The number of hydrogen-bond acceptors (Lipinski definition) is 5. The van der Waals surface area contributed by atoms with E-state index in [2.05, 4.69) is 24.2 Å². The van der Waals surface area contributed by atoms with Crippen molar-refractivity contribution < 1.29 is 14.3 Å². The first-order valence-corrected chi connectivity index (χ1v) is 8.23. The molecule has 1 atom stereocenters. The molecule has 1 rings (SSSR count). The number of rotatable bonds is 9. The molecule has 0 spiro atoms. The van der Waals surface area contributed by atoms with Crippen LogP contribution in [-0.2, 0) is 14.3 Å². The van der Waals surface area contributed by atoms with Crippen LogP contribution in [0, 0.1) is 0 Å². The zero-order valence-electron chi connectivity index (χ0n) is 14.1. The Morgan fingerprint density at radius 2 is 2.05 bits per heavy atom. The van der Waals surface area contributed by atoms with E-state index in [1.807, 2.05) is 13.8 Å². The molecule has 0 aromatic rings. The first-order chi connectivity index (χ1) is 10.0. The predicted octanol–water partition coefficient (Wildman–Crippen LogP) is 1.81. The highest BCUT2D eigenvalue weighted by molar-refractivity contribution is 5.80. The lowest BCUT2D eigenvalue weighted by Gasteiger charge is -2.35. The van der Waals surface area contributed by atoms with E-state index < -0.39 is 5.54 Å². The molecule has 1 heterocycles. The van der Waals surface area contributed by atoms with Gasteiger partial charge in [-0.3, -0.25) is 4.79 Å². The Labute approximate surface area is 129 Å². The van der Waals surface area contributed by atoms with E-state index >= 15 is 0 Å². The maximum atomic E-state index is 12.2. The molecule has 1 unspecified atom stereocenters. The highest BCUT2D eigenvalue weighted by Crippen LogP contribution is 2.17. The topological polar surface area (TPSA) is 50.8 Å². The molecule has 0 aromatic carbocycles. The SMILES string of the molecule is CCCNC(C)(CCN(C)C1CCOCC1)C(=O)OCC. The van der Waals surface area contributed by atoms with Crippen molar-refractivity contribution >= 4 is 5.97 Å². The zero-order valence-corrected chi connectivity index (χ0v) is 14.1. The summed E-state index contributed by atoms with van der Waals surface area (Å²) >= 11 is 0. The van der Waals surface area contributed by atoms with Crippen LogP contribution in [-0.4, -0.2) is 62.4 Å². The van der Waals surface area contributed by atoms with Crippen molar-refractivity contribution in [3.63, 3.8) is 0 Å². The number of carbonyl (C=O) groups is 1. The zero-order chi connectivity index (χ0) is 15.7. The summed E-state index contributed by atoms with van der Waals surface area (Å²) in [5, 5.41) is 3.36. The highest BCUT2D eigenvalue weighted by Gasteiger charge is 2.34. The molecule has 0 radical (unpaired) electrons. The Morgan fingerprint density at radius 1 is 1.38 bits per heavy atom. The van der Waals surface area contributed by atoms with Crippen molar-refractivity contribution in [3.05, 3.63) is 0 Å². The van der Waals surface area contributed by atoms with Gasteiger partial charge in [-0.05, 0) is 53.1 Å². The van der Waals surface area contributed by atoms with E-state index in [1.165, 1.54) is 0 Å². The molecule has 0 bridgehead atoms. The Bertz CT molecular complexity index is 306. The Balaban J connectivity index is 2.52. The second-order valence-electron chi connectivity index (χ2n) is 6.05. The molecule has 1 fully saturated rings. The van der Waals surface area contributed by atoms with Crippen LogP contribution in [0.5, 0.6) is 0 Å². The molecule has 1 aliphatic rings. The maximum absolute atomic E-state index is 12.2. The molecule has 1 aliphatic heterocycles. The van der Waals surface area contributed by atoms with E-state index in [0.29, 0.717) is 12.6 Å². The van der Waals surface area contributed by atoms with E-state index in [-0.39, 0.29) is 5.97 Å². The normalized spacial score (nSPS) is 19.5. The Morgan fingerprint density at radius 3 is 2.62 bits per heavy atom. The third-order valence-electron chi connectivity index (χ3n) is 4.27. The van der Waals surface area contributed by atoms with Crippen LogP contribution in [0.2, 0.25) is 0 Å². The lowest BCUT2D eigenvalue weighted by Crippen LogP contribution is -2.53. The molecule has 21 heavy (non-hydrogen) atoms. The maximum Gasteiger partial charge on any atom is 0.326 e. The first-order valence-electron chi connectivity index (χ1n) is 8.23. The van der Waals surface area contributed by atoms with Gasteiger partial charge < -0.3 is 19.7 Å². The largest absolute Gasteiger partial charge is 0.465 e. The minimum Gasteiger partial charge on any atom is -0.465 e. The number of hydrogen-bond donors (Lipinski definition) is 1. The van der Waals surface area contributed by atoms with Crippen LogP contribution in [0.4, 0.5) is 0 Å². The smallest absolute Gasteiger partial charge is 0.326 e. The summed E-state index contributed by atoms with van der Waals surface area (Å²) < 4.78 is 10.6. The molecule has 124 valence electrons. The number of esters is 1. The van der Waals surface area contributed by atoms with Gasteiger partial charge in [0.05, 0.1) is 6.61 Å². The number of nitrogens with zero attached hydrogens (tertiary/aromatic N) is 1. The van der Waals surface area contributed by atoms with Gasteiger partial charge in [0, 0.05) is 25.8 Å². The summed E-state index contributed by atoms with van der Waals surface area (Å²) in [6.45, 7) is 9.75. The van der Waals surface area contributed by atoms with Gasteiger partial charge in [-0.1, -0.05) is 6.92 Å².